The Labute approximate surface area is 167 Å². The van der Waals surface area contributed by atoms with Crippen LogP contribution in [0, 0.1) is 0 Å². The lowest BCUT2D eigenvalue weighted by Crippen LogP contribution is -2.42. The quantitative estimate of drug-likeness (QED) is 0.624. The molecule has 4 rings (SSSR count). The third-order valence-electron chi connectivity index (χ3n) is 5.20. The molecule has 0 saturated carbocycles. The van der Waals surface area contributed by atoms with Crippen molar-refractivity contribution in [2.45, 2.75) is 13.0 Å². The predicted molar refractivity (Wildman–Crippen MR) is 104 cm³/mol. The highest BCUT2D eigenvalue weighted by Crippen LogP contribution is 2.24. The summed E-state index contributed by atoms with van der Waals surface area (Å²) in [6.45, 7) is 1.61. The number of imide groups is 1. The number of carbonyl (C=O) groups excluding carboxylic acids is 3. The van der Waals surface area contributed by atoms with Crippen LogP contribution in [0.1, 0.15) is 39.2 Å². The van der Waals surface area contributed by atoms with Crippen LogP contribution in [0.3, 0.4) is 0 Å². The van der Waals surface area contributed by atoms with Gasteiger partial charge in [-0.2, -0.15) is 5.10 Å². The second kappa shape index (κ2) is 7.31. The van der Waals surface area contributed by atoms with Crippen LogP contribution in [0.25, 0.3) is 5.69 Å². The summed E-state index contributed by atoms with van der Waals surface area (Å²) in [6.07, 6.45) is 3.07. The smallest absolute Gasteiger partial charge is 0.262 e. The molecule has 0 N–H and O–H groups in total. The van der Waals surface area contributed by atoms with E-state index in [9.17, 15) is 14.4 Å². The first kappa shape index (κ1) is 18.5. The third kappa shape index (κ3) is 3.29. The van der Waals surface area contributed by atoms with Crippen molar-refractivity contribution in [3.63, 3.8) is 0 Å². The molecule has 0 spiro atoms. The van der Waals surface area contributed by atoms with Crippen molar-refractivity contribution in [2.24, 2.45) is 0 Å². The van der Waals surface area contributed by atoms with Gasteiger partial charge in [0.15, 0.2) is 0 Å². The highest BCUT2D eigenvalue weighted by Gasteiger charge is 2.37. The molecular weight excluding hydrogens is 370 g/mol. The second-order valence-electron chi connectivity index (χ2n) is 6.85. The Morgan fingerprint density at radius 3 is 2.21 bits per heavy atom. The lowest BCUT2D eigenvalue weighted by atomic mass is 10.1. The maximum absolute atomic E-state index is 12.8. The topological polar surface area (TPSA) is 88.4 Å². The van der Waals surface area contributed by atoms with Gasteiger partial charge in [0, 0.05) is 7.05 Å². The minimum atomic E-state index is -0.433. The third-order valence-corrected chi connectivity index (χ3v) is 5.20. The Morgan fingerprint density at radius 2 is 1.66 bits per heavy atom. The summed E-state index contributed by atoms with van der Waals surface area (Å²) >= 11 is 0. The second-order valence-corrected chi connectivity index (χ2v) is 6.85. The highest BCUT2D eigenvalue weighted by atomic mass is 16.2. The van der Waals surface area contributed by atoms with Gasteiger partial charge in [-0.15, -0.1) is 0 Å². The number of amides is 3. The van der Waals surface area contributed by atoms with Gasteiger partial charge in [-0.3, -0.25) is 19.3 Å². The van der Waals surface area contributed by atoms with Crippen LogP contribution in [0.5, 0.6) is 0 Å². The first-order chi connectivity index (χ1) is 14.0. The van der Waals surface area contributed by atoms with E-state index in [4.69, 9.17) is 0 Å². The molecule has 3 aromatic rings. The fourth-order valence-electron chi connectivity index (χ4n) is 3.32. The molecule has 3 amide bonds. The minimum absolute atomic E-state index is 0.234. The first-order valence-corrected chi connectivity index (χ1v) is 9.13. The molecule has 1 aliphatic rings. The number of aromatic nitrogens is 3. The molecule has 2 aromatic carbocycles. The van der Waals surface area contributed by atoms with E-state index in [0.29, 0.717) is 11.1 Å². The molecule has 2 heterocycles. The molecule has 0 radical (unpaired) electrons. The van der Waals surface area contributed by atoms with Gasteiger partial charge in [-0.05, 0) is 36.8 Å². The van der Waals surface area contributed by atoms with Crippen molar-refractivity contribution in [3.8, 4) is 5.69 Å². The Balaban J connectivity index is 1.45. The summed E-state index contributed by atoms with van der Waals surface area (Å²) < 4.78 is 1.64. The molecule has 146 valence electrons. The van der Waals surface area contributed by atoms with Gasteiger partial charge in [0.1, 0.15) is 19.2 Å². The van der Waals surface area contributed by atoms with Crippen molar-refractivity contribution in [1.82, 2.24) is 24.6 Å². The summed E-state index contributed by atoms with van der Waals surface area (Å²) in [7, 11) is 1.66. The van der Waals surface area contributed by atoms with E-state index < -0.39 is 11.8 Å². The number of carbonyl (C=O) groups is 3. The van der Waals surface area contributed by atoms with Crippen molar-refractivity contribution in [2.75, 3.05) is 13.6 Å². The number of nitrogens with zero attached hydrogens (tertiary/aromatic N) is 5. The number of likely N-dealkylation sites (N-methyl/N-ethyl adjacent to an activating group) is 1. The van der Waals surface area contributed by atoms with Crippen molar-refractivity contribution in [1.29, 1.82) is 0 Å². The number of hydrogen-bond donors (Lipinski definition) is 0. The molecular formula is C21H19N5O3. The van der Waals surface area contributed by atoms with Crippen molar-refractivity contribution >= 4 is 17.7 Å². The zero-order valence-corrected chi connectivity index (χ0v) is 16.0. The van der Waals surface area contributed by atoms with E-state index >= 15 is 0 Å². The largest absolute Gasteiger partial charge is 0.337 e. The van der Waals surface area contributed by atoms with Crippen LogP contribution < -0.4 is 0 Å². The molecule has 29 heavy (non-hydrogen) atoms. The molecule has 0 unspecified atom stereocenters. The SMILES string of the molecule is C[C@@H](c1ccc(-n2cncn2)cc1)N(C)C(=O)CN1C(=O)c2ccccc2C1=O. The zero-order valence-electron chi connectivity index (χ0n) is 16.0. The summed E-state index contributed by atoms with van der Waals surface area (Å²) in [5, 5.41) is 4.08. The lowest BCUT2D eigenvalue weighted by Gasteiger charge is -2.27. The van der Waals surface area contributed by atoms with Crippen LogP contribution in [0.15, 0.2) is 61.2 Å². The summed E-state index contributed by atoms with van der Waals surface area (Å²) in [4.78, 5) is 44.2. The average molecular weight is 389 g/mol. The minimum Gasteiger partial charge on any atom is -0.337 e. The van der Waals surface area contributed by atoms with Crippen molar-refractivity contribution in [3.05, 3.63) is 77.9 Å². The average Bonchev–Trinajstić information content (AvgIpc) is 3.37. The molecule has 1 atom stereocenters. The molecule has 0 saturated heterocycles. The van der Waals surface area contributed by atoms with Crippen LogP contribution in [0.4, 0.5) is 0 Å². The maximum atomic E-state index is 12.8. The first-order valence-electron chi connectivity index (χ1n) is 9.13. The normalized spacial score (nSPS) is 14.1. The predicted octanol–water partition coefficient (Wildman–Crippen LogP) is 2.08. The van der Waals surface area contributed by atoms with E-state index in [2.05, 4.69) is 10.1 Å². The zero-order chi connectivity index (χ0) is 20.5. The Kier molecular flexibility index (Phi) is 4.67. The van der Waals surface area contributed by atoms with Crippen LogP contribution in [-0.2, 0) is 4.79 Å². The molecule has 1 aliphatic heterocycles. The standard InChI is InChI=1S/C21H19N5O3/c1-14(15-7-9-16(10-8-15)26-13-22-12-23-26)24(2)19(27)11-25-20(28)17-5-3-4-6-18(17)21(25)29/h3-10,12-14H,11H2,1-2H3/t14-/m0/s1. The van der Waals surface area contributed by atoms with Gasteiger partial charge in [0.25, 0.3) is 11.8 Å². The number of benzene rings is 2. The number of fused-ring (bicyclic) bond motifs is 1. The summed E-state index contributed by atoms with van der Waals surface area (Å²) in [6, 6.07) is 14.0. The summed E-state index contributed by atoms with van der Waals surface area (Å²) in [5.74, 6) is -1.18. The van der Waals surface area contributed by atoms with E-state index in [1.54, 1.807) is 42.3 Å². The van der Waals surface area contributed by atoms with E-state index in [1.807, 2.05) is 31.2 Å². The Hall–Kier alpha value is -3.81. The molecule has 0 fully saturated rings. The van der Waals surface area contributed by atoms with E-state index in [1.165, 1.54) is 11.2 Å². The van der Waals surface area contributed by atoms with Gasteiger partial charge in [0.2, 0.25) is 5.91 Å². The monoisotopic (exact) mass is 389 g/mol. The number of hydrogen-bond acceptors (Lipinski definition) is 5. The van der Waals surface area contributed by atoms with E-state index in [-0.39, 0.29) is 18.5 Å². The molecule has 1 aromatic heterocycles. The van der Waals surface area contributed by atoms with Gasteiger partial charge < -0.3 is 4.90 Å². The summed E-state index contributed by atoms with van der Waals surface area (Å²) in [5.41, 5.74) is 2.46. The molecule has 0 bridgehead atoms. The Bertz CT molecular complexity index is 1040. The van der Waals surface area contributed by atoms with Gasteiger partial charge in [-0.1, -0.05) is 24.3 Å². The fraction of sp³-hybridized carbons (Fsp3) is 0.190. The van der Waals surface area contributed by atoms with Crippen LogP contribution in [0.2, 0.25) is 0 Å². The van der Waals surface area contributed by atoms with Gasteiger partial charge in [0.05, 0.1) is 22.9 Å². The highest BCUT2D eigenvalue weighted by molar-refractivity contribution is 6.22. The molecule has 8 nitrogen and oxygen atoms in total. The van der Waals surface area contributed by atoms with Crippen LogP contribution in [-0.4, -0.2) is 55.9 Å². The molecule has 8 heteroatoms. The van der Waals surface area contributed by atoms with Crippen molar-refractivity contribution < 1.29 is 14.4 Å². The van der Waals surface area contributed by atoms with Gasteiger partial charge >= 0.3 is 0 Å². The van der Waals surface area contributed by atoms with Gasteiger partial charge in [-0.25, -0.2) is 9.67 Å². The number of rotatable bonds is 5. The van der Waals surface area contributed by atoms with Crippen LogP contribution >= 0.6 is 0 Å². The Morgan fingerprint density at radius 1 is 1.03 bits per heavy atom. The van der Waals surface area contributed by atoms with E-state index in [0.717, 1.165) is 16.2 Å². The maximum Gasteiger partial charge on any atom is 0.262 e. The lowest BCUT2D eigenvalue weighted by molar-refractivity contribution is -0.132. The fourth-order valence-corrected chi connectivity index (χ4v) is 3.32. The molecule has 0 aliphatic carbocycles.